The molecular weight excluding hydrogens is 348 g/mol. The third kappa shape index (κ3) is 5.24. The number of benzene rings is 1. The van der Waals surface area contributed by atoms with Crippen molar-refractivity contribution in [2.45, 2.75) is 57.1 Å². The molecule has 1 saturated carbocycles. The van der Waals surface area contributed by atoms with Crippen LogP contribution in [-0.4, -0.2) is 33.0 Å². The van der Waals surface area contributed by atoms with Gasteiger partial charge in [0, 0.05) is 24.6 Å². The van der Waals surface area contributed by atoms with Crippen molar-refractivity contribution >= 4 is 17.7 Å². The summed E-state index contributed by atoms with van der Waals surface area (Å²) in [4.78, 5) is 11.1. The standard InChI is InChI=1S/C19H26N4O2S/c1-13-10-14(2)12-16(11-13)25-8-3-9-26-19-22-21-18(15-4-5-15)23(19)7-6-17(20)24/h10-12,15H,3-9H2,1-2H3,(H2,20,24). The van der Waals surface area contributed by atoms with E-state index < -0.39 is 0 Å². The summed E-state index contributed by atoms with van der Waals surface area (Å²) in [7, 11) is 0. The molecule has 1 aromatic carbocycles. The number of hydrogen-bond donors (Lipinski definition) is 1. The van der Waals surface area contributed by atoms with E-state index in [4.69, 9.17) is 10.5 Å². The molecular formula is C19H26N4O2S. The van der Waals surface area contributed by atoms with Crippen LogP contribution in [-0.2, 0) is 11.3 Å². The number of thioether (sulfide) groups is 1. The van der Waals surface area contributed by atoms with E-state index in [-0.39, 0.29) is 5.91 Å². The van der Waals surface area contributed by atoms with Gasteiger partial charge in [0.15, 0.2) is 5.16 Å². The first-order valence-electron chi connectivity index (χ1n) is 9.08. The first-order valence-corrected chi connectivity index (χ1v) is 10.1. The molecule has 6 nitrogen and oxygen atoms in total. The Morgan fingerprint density at radius 2 is 2.00 bits per heavy atom. The minimum atomic E-state index is -0.293. The first kappa shape index (κ1) is 18.8. The van der Waals surface area contributed by atoms with Gasteiger partial charge in [-0.2, -0.15) is 0 Å². The third-order valence-corrected chi connectivity index (χ3v) is 5.31. The number of nitrogens with zero attached hydrogens (tertiary/aromatic N) is 3. The zero-order valence-electron chi connectivity index (χ0n) is 15.4. The van der Waals surface area contributed by atoms with Gasteiger partial charge in [-0.25, -0.2) is 0 Å². The number of carbonyl (C=O) groups excluding carboxylic acids is 1. The van der Waals surface area contributed by atoms with Crippen LogP contribution >= 0.6 is 11.8 Å². The zero-order chi connectivity index (χ0) is 18.5. The lowest BCUT2D eigenvalue weighted by molar-refractivity contribution is -0.118. The molecule has 1 amide bonds. The summed E-state index contributed by atoms with van der Waals surface area (Å²) in [5.74, 6) is 3.02. The molecule has 0 atom stereocenters. The van der Waals surface area contributed by atoms with E-state index >= 15 is 0 Å². The second-order valence-electron chi connectivity index (χ2n) is 6.86. The highest BCUT2D eigenvalue weighted by Gasteiger charge is 2.30. The second-order valence-corrected chi connectivity index (χ2v) is 7.92. The maximum Gasteiger partial charge on any atom is 0.219 e. The highest BCUT2D eigenvalue weighted by Crippen LogP contribution is 2.40. The number of amides is 1. The normalized spacial score (nSPS) is 13.8. The Bertz CT molecular complexity index is 751. The van der Waals surface area contributed by atoms with Gasteiger partial charge in [-0.15, -0.1) is 10.2 Å². The van der Waals surface area contributed by atoms with Crippen molar-refractivity contribution in [2.24, 2.45) is 5.73 Å². The first-order chi connectivity index (χ1) is 12.5. The predicted molar refractivity (Wildman–Crippen MR) is 103 cm³/mol. The van der Waals surface area contributed by atoms with Gasteiger partial charge in [0.1, 0.15) is 11.6 Å². The lowest BCUT2D eigenvalue weighted by Crippen LogP contribution is -2.15. The van der Waals surface area contributed by atoms with Crippen molar-refractivity contribution in [3.8, 4) is 5.75 Å². The van der Waals surface area contributed by atoms with Crippen molar-refractivity contribution in [1.82, 2.24) is 14.8 Å². The molecule has 26 heavy (non-hydrogen) atoms. The number of aryl methyl sites for hydroxylation is 2. The van der Waals surface area contributed by atoms with Gasteiger partial charge in [0.05, 0.1) is 6.61 Å². The van der Waals surface area contributed by atoms with Crippen LogP contribution in [0.2, 0.25) is 0 Å². The van der Waals surface area contributed by atoms with Crippen LogP contribution in [0.4, 0.5) is 0 Å². The summed E-state index contributed by atoms with van der Waals surface area (Å²) in [6.07, 6.45) is 3.55. The van der Waals surface area contributed by atoms with Crippen molar-refractivity contribution in [3.63, 3.8) is 0 Å². The smallest absolute Gasteiger partial charge is 0.219 e. The molecule has 0 saturated heterocycles. The molecule has 1 heterocycles. The van der Waals surface area contributed by atoms with Crippen LogP contribution in [0.1, 0.15) is 48.6 Å². The van der Waals surface area contributed by atoms with E-state index in [2.05, 4.69) is 46.8 Å². The Hall–Kier alpha value is -2.02. The van der Waals surface area contributed by atoms with Crippen molar-refractivity contribution in [1.29, 1.82) is 0 Å². The van der Waals surface area contributed by atoms with Crippen molar-refractivity contribution < 1.29 is 9.53 Å². The lowest BCUT2D eigenvalue weighted by Gasteiger charge is -2.10. The minimum absolute atomic E-state index is 0.293. The quantitative estimate of drug-likeness (QED) is 0.510. The van der Waals surface area contributed by atoms with E-state index in [1.807, 2.05) is 0 Å². The van der Waals surface area contributed by atoms with Gasteiger partial charge in [0.25, 0.3) is 0 Å². The molecule has 140 valence electrons. The molecule has 0 spiro atoms. The fourth-order valence-corrected chi connectivity index (χ4v) is 3.80. The van der Waals surface area contributed by atoms with Crippen molar-refractivity contribution in [3.05, 3.63) is 35.2 Å². The van der Waals surface area contributed by atoms with E-state index in [1.165, 1.54) is 11.1 Å². The Morgan fingerprint density at radius 3 is 2.65 bits per heavy atom. The zero-order valence-corrected chi connectivity index (χ0v) is 16.2. The molecule has 1 aliphatic carbocycles. The maximum absolute atomic E-state index is 11.1. The highest BCUT2D eigenvalue weighted by molar-refractivity contribution is 7.99. The summed E-state index contributed by atoms with van der Waals surface area (Å²) in [5, 5.41) is 9.52. The van der Waals surface area contributed by atoms with Gasteiger partial charge in [-0.3, -0.25) is 4.79 Å². The summed E-state index contributed by atoms with van der Waals surface area (Å²) in [6, 6.07) is 6.25. The van der Waals surface area contributed by atoms with Gasteiger partial charge >= 0.3 is 0 Å². The molecule has 1 aliphatic rings. The van der Waals surface area contributed by atoms with E-state index in [1.54, 1.807) is 11.8 Å². The van der Waals surface area contributed by atoms with Crippen LogP contribution in [0.5, 0.6) is 5.75 Å². The fourth-order valence-electron chi connectivity index (χ4n) is 2.91. The van der Waals surface area contributed by atoms with E-state index in [0.29, 0.717) is 25.5 Å². The molecule has 3 rings (SSSR count). The van der Waals surface area contributed by atoms with Crippen LogP contribution in [0.25, 0.3) is 0 Å². The molecule has 0 unspecified atom stereocenters. The molecule has 1 fully saturated rings. The molecule has 0 bridgehead atoms. The largest absolute Gasteiger partial charge is 0.494 e. The van der Waals surface area contributed by atoms with Gasteiger partial charge < -0.3 is 15.0 Å². The molecule has 2 N–H and O–H groups in total. The summed E-state index contributed by atoms with van der Waals surface area (Å²) in [5.41, 5.74) is 7.73. The lowest BCUT2D eigenvalue weighted by atomic mass is 10.1. The van der Waals surface area contributed by atoms with Gasteiger partial charge in [-0.05, 0) is 56.4 Å². The number of ether oxygens (including phenoxy) is 1. The highest BCUT2D eigenvalue weighted by atomic mass is 32.2. The van der Waals surface area contributed by atoms with Gasteiger partial charge in [0.2, 0.25) is 5.91 Å². The van der Waals surface area contributed by atoms with Crippen LogP contribution < -0.4 is 10.5 Å². The number of primary amides is 1. The second kappa shape index (κ2) is 8.58. The van der Waals surface area contributed by atoms with Crippen molar-refractivity contribution in [2.75, 3.05) is 12.4 Å². The summed E-state index contributed by atoms with van der Waals surface area (Å²) < 4.78 is 7.92. The number of hydrogen-bond acceptors (Lipinski definition) is 5. The average Bonchev–Trinajstić information content (AvgIpc) is 3.33. The summed E-state index contributed by atoms with van der Waals surface area (Å²) in [6.45, 7) is 5.38. The number of rotatable bonds is 10. The van der Waals surface area contributed by atoms with Crippen LogP contribution in [0, 0.1) is 13.8 Å². The molecule has 7 heteroatoms. The topological polar surface area (TPSA) is 83.0 Å². The Kier molecular flexibility index (Phi) is 6.19. The van der Waals surface area contributed by atoms with Crippen LogP contribution in [0.3, 0.4) is 0 Å². The molecule has 0 aliphatic heterocycles. The number of nitrogens with two attached hydrogens (primary N) is 1. The monoisotopic (exact) mass is 374 g/mol. The average molecular weight is 375 g/mol. The Balaban J connectivity index is 1.49. The number of carbonyl (C=O) groups is 1. The van der Waals surface area contributed by atoms with E-state index in [9.17, 15) is 4.79 Å². The SMILES string of the molecule is Cc1cc(C)cc(OCCCSc2nnc(C3CC3)n2CCC(N)=O)c1. The minimum Gasteiger partial charge on any atom is -0.494 e. The summed E-state index contributed by atoms with van der Waals surface area (Å²) >= 11 is 1.66. The van der Waals surface area contributed by atoms with Gasteiger partial charge in [-0.1, -0.05) is 17.8 Å². The fraction of sp³-hybridized carbons (Fsp3) is 0.526. The molecule has 1 aromatic heterocycles. The molecule has 0 radical (unpaired) electrons. The van der Waals surface area contributed by atoms with E-state index in [0.717, 1.165) is 41.7 Å². The Labute approximate surface area is 158 Å². The number of aromatic nitrogens is 3. The van der Waals surface area contributed by atoms with Crippen LogP contribution in [0.15, 0.2) is 23.4 Å². The Morgan fingerprint density at radius 1 is 1.27 bits per heavy atom. The predicted octanol–water partition coefficient (Wildman–Crippen LogP) is 3.21. The molecule has 2 aromatic rings. The third-order valence-electron chi connectivity index (χ3n) is 4.25. The maximum atomic E-state index is 11.1.